The molecule has 1 saturated carbocycles. The molecule has 0 bridgehead atoms. The van der Waals surface area contributed by atoms with Gasteiger partial charge in [-0.05, 0) is 42.2 Å². The predicted molar refractivity (Wildman–Crippen MR) is 120 cm³/mol. The molecule has 2 heterocycles. The van der Waals surface area contributed by atoms with E-state index in [4.69, 9.17) is 4.98 Å². The molecular weight excluding hydrogens is 389 g/mol. The molecular formula is C26H30FN3O. The fourth-order valence-corrected chi connectivity index (χ4v) is 5.34. The van der Waals surface area contributed by atoms with Crippen molar-refractivity contribution in [3.63, 3.8) is 0 Å². The molecule has 2 fully saturated rings. The van der Waals surface area contributed by atoms with Crippen LogP contribution in [0, 0.1) is 11.7 Å². The van der Waals surface area contributed by atoms with Gasteiger partial charge in [0.1, 0.15) is 11.6 Å². The Hall–Kier alpha value is -2.69. The Balaban J connectivity index is 1.36. The van der Waals surface area contributed by atoms with E-state index >= 15 is 0 Å². The van der Waals surface area contributed by atoms with E-state index in [1.807, 2.05) is 11.0 Å². The number of hydrogen-bond acceptors (Lipinski definition) is 2. The predicted octanol–water partition coefficient (Wildman–Crippen LogP) is 5.66. The first-order valence-corrected chi connectivity index (χ1v) is 11.6. The average molecular weight is 420 g/mol. The molecule has 2 aliphatic rings. The second-order valence-electron chi connectivity index (χ2n) is 9.20. The van der Waals surface area contributed by atoms with Crippen LogP contribution in [0.15, 0.2) is 48.5 Å². The largest absolute Gasteiger partial charge is 0.338 e. The van der Waals surface area contributed by atoms with Gasteiger partial charge in [0.2, 0.25) is 5.91 Å². The van der Waals surface area contributed by atoms with Crippen molar-refractivity contribution >= 4 is 16.9 Å². The van der Waals surface area contributed by atoms with Crippen molar-refractivity contribution < 1.29 is 9.18 Å². The van der Waals surface area contributed by atoms with Crippen molar-refractivity contribution in [1.29, 1.82) is 0 Å². The summed E-state index contributed by atoms with van der Waals surface area (Å²) in [5, 5.41) is 0. The lowest BCUT2D eigenvalue weighted by atomic mass is 9.87. The van der Waals surface area contributed by atoms with Gasteiger partial charge in [-0.15, -0.1) is 0 Å². The molecule has 31 heavy (non-hydrogen) atoms. The molecule has 0 radical (unpaired) electrons. The van der Waals surface area contributed by atoms with Gasteiger partial charge in [0.15, 0.2) is 0 Å². The number of likely N-dealkylation sites (tertiary alicyclic amines) is 1. The number of imidazole rings is 1. The van der Waals surface area contributed by atoms with E-state index in [2.05, 4.69) is 22.8 Å². The van der Waals surface area contributed by atoms with Crippen LogP contribution in [0.1, 0.15) is 62.3 Å². The van der Waals surface area contributed by atoms with Gasteiger partial charge in [0.25, 0.3) is 0 Å². The lowest BCUT2D eigenvalue weighted by molar-refractivity contribution is -0.128. The Morgan fingerprint density at radius 2 is 1.77 bits per heavy atom. The highest BCUT2D eigenvalue weighted by molar-refractivity contribution is 5.81. The summed E-state index contributed by atoms with van der Waals surface area (Å²) in [6, 6.07) is 14.8. The maximum Gasteiger partial charge on any atom is 0.223 e. The summed E-state index contributed by atoms with van der Waals surface area (Å²) < 4.78 is 15.6. The molecule has 3 aromatic rings. The number of carbonyl (C=O) groups excluding carboxylic acids is 1. The van der Waals surface area contributed by atoms with Crippen LogP contribution in [-0.2, 0) is 17.9 Å². The minimum Gasteiger partial charge on any atom is -0.338 e. The molecule has 4 nitrogen and oxygen atoms in total. The highest BCUT2D eigenvalue weighted by Gasteiger charge is 2.34. The molecule has 5 heteroatoms. The molecule has 162 valence electrons. The number of hydrogen-bond donors (Lipinski definition) is 0. The summed E-state index contributed by atoms with van der Waals surface area (Å²) in [7, 11) is 0. The van der Waals surface area contributed by atoms with Crippen molar-refractivity contribution in [2.24, 2.45) is 5.92 Å². The van der Waals surface area contributed by atoms with E-state index in [-0.39, 0.29) is 17.6 Å². The fourth-order valence-electron chi connectivity index (χ4n) is 5.34. The van der Waals surface area contributed by atoms with Crippen LogP contribution in [0.4, 0.5) is 4.39 Å². The number of halogens is 1. The first kappa shape index (κ1) is 20.2. The lowest BCUT2D eigenvalue weighted by Crippen LogP contribution is -2.24. The van der Waals surface area contributed by atoms with Crippen LogP contribution >= 0.6 is 0 Å². The lowest BCUT2D eigenvalue weighted by Gasteiger charge is -2.23. The van der Waals surface area contributed by atoms with Gasteiger partial charge < -0.3 is 9.47 Å². The van der Waals surface area contributed by atoms with E-state index in [0.29, 0.717) is 19.5 Å². The number of carbonyl (C=O) groups is 1. The molecule has 1 amide bonds. The third-order valence-corrected chi connectivity index (χ3v) is 7.04. The molecule has 1 saturated heterocycles. The number of para-hydroxylation sites is 2. The Kier molecular flexibility index (Phi) is 5.75. The second kappa shape index (κ2) is 8.81. The van der Waals surface area contributed by atoms with E-state index < -0.39 is 0 Å². The standard InChI is InChI=1S/C26H30FN3O/c27-22-12-10-20(11-13-22)17-29-18-21(16-25(29)31)26-28-23-8-4-5-9-24(23)30(26)15-14-19-6-2-1-3-7-19/h4-5,8-13,19,21H,1-3,6-7,14-18H2/t21-/m0/s1. The van der Waals surface area contributed by atoms with Gasteiger partial charge in [-0.25, -0.2) is 9.37 Å². The maximum absolute atomic E-state index is 13.2. The van der Waals surface area contributed by atoms with Crippen LogP contribution in [0.3, 0.4) is 0 Å². The van der Waals surface area contributed by atoms with Crippen LogP contribution < -0.4 is 0 Å². The molecule has 2 aromatic carbocycles. The molecule has 1 atom stereocenters. The van der Waals surface area contributed by atoms with Gasteiger partial charge in [-0.2, -0.15) is 0 Å². The molecule has 0 N–H and O–H groups in total. The summed E-state index contributed by atoms with van der Waals surface area (Å²) in [4.78, 5) is 19.6. The molecule has 0 spiro atoms. The van der Waals surface area contributed by atoms with Crippen LogP contribution in [-0.4, -0.2) is 26.9 Å². The quantitative estimate of drug-likeness (QED) is 0.517. The molecule has 5 rings (SSSR count). The fraction of sp³-hybridized carbons (Fsp3) is 0.462. The highest BCUT2D eigenvalue weighted by atomic mass is 19.1. The number of aromatic nitrogens is 2. The van der Waals surface area contributed by atoms with E-state index in [1.165, 1.54) is 56.2 Å². The van der Waals surface area contributed by atoms with E-state index in [0.717, 1.165) is 29.4 Å². The number of fused-ring (bicyclic) bond motifs is 1. The maximum atomic E-state index is 13.2. The topological polar surface area (TPSA) is 38.1 Å². The normalized spacial score (nSPS) is 20.1. The molecule has 1 aliphatic heterocycles. The summed E-state index contributed by atoms with van der Waals surface area (Å²) in [5.41, 5.74) is 3.16. The minimum absolute atomic E-state index is 0.103. The van der Waals surface area contributed by atoms with Gasteiger partial charge in [-0.1, -0.05) is 56.4 Å². The van der Waals surface area contributed by atoms with Gasteiger partial charge in [-0.3, -0.25) is 4.79 Å². The third-order valence-electron chi connectivity index (χ3n) is 7.04. The van der Waals surface area contributed by atoms with E-state index in [1.54, 1.807) is 12.1 Å². The van der Waals surface area contributed by atoms with Crippen molar-refractivity contribution in [2.45, 2.75) is 64.0 Å². The smallest absolute Gasteiger partial charge is 0.223 e. The summed E-state index contributed by atoms with van der Waals surface area (Å²) >= 11 is 0. The summed E-state index contributed by atoms with van der Waals surface area (Å²) in [6.45, 7) is 2.17. The highest BCUT2D eigenvalue weighted by Crippen LogP contribution is 2.33. The summed E-state index contributed by atoms with van der Waals surface area (Å²) in [5.74, 6) is 1.86. The zero-order chi connectivity index (χ0) is 21.2. The molecule has 0 unspecified atom stereocenters. The Bertz CT molecular complexity index is 1050. The van der Waals surface area contributed by atoms with Gasteiger partial charge >= 0.3 is 0 Å². The van der Waals surface area contributed by atoms with Gasteiger partial charge in [0.05, 0.1) is 11.0 Å². The third kappa shape index (κ3) is 4.36. The van der Waals surface area contributed by atoms with Crippen LogP contribution in [0.5, 0.6) is 0 Å². The zero-order valence-corrected chi connectivity index (χ0v) is 18.0. The minimum atomic E-state index is -0.249. The number of benzene rings is 2. The SMILES string of the molecule is O=C1C[C@H](c2nc3ccccc3n2CCC2CCCCC2)CN1Cc1ccc(F)cc1. The molecule has 1 aliphatic carbocycles. The number of nitrogens with zero attached hydrogens (tertiary/aromatic N) is 3. The zero-order valence-electron chi connectivity index (χ0n) is 18.0. The number of amides is 1. The average Bonchev–Trinajstić information content (AvgIpc) is 3.35. The van der Waals surface area contributed by atoms with Gasteiger partial charge in [0, 0.05) is 32.0 Å². The van der Waals surface area contributed by atoms with Crippen molar-refractivity contribution in [2.75, 3.05) is 6.54 Å². The van der Waals surface area contributed by atoms with Crippen LogP contribution in [0.2, 0.25) is 0 Å². The number of aryl methyl sites for hydroxylation is 1. The monoisotopic (exact) mass is 419 g/mol. The van der Waals surface area contributed by atoms with Crippen molar-refractivity contribution in [3.8, 4) is 0 Å². The first-order valence-electron chi connectivity index (χ1n) is 11.6. The first-order chi connectivity index (χ1) is 15.2. The number of rotatable bonds is 6. The van der Waals surface area contributed by atoms with E-state index in [9.17, 15) is 9.18 Å². The second-order valence-corrected chi connectivity index (χ2v) is 9.20. The van der Waals surface area contributed by atoms with Crippen molar-refractivity contribution in [1.82, 2.24) is 14.5 Å². The van der Waals surface area contributed by atoms with Crippen LogP contribution in [0.25, 0.3) is 11.0 Å². The Morgan fingerprint density at radius 3 is 2.58 bits per heavy atom. The Morgan fingerprint density at radius 1 is 1.00 bits per heavy atom. The Labute approximate surface area is 183 Å². The summed E-state index contributed by atoms with van der Waals surface area (Å²) in [6.07, 6.45) is 8.46. The van der Waals surface area contributed by atoms with Crippen molar-refractivity contribution in [3.05, 3.63) is 65.7 Å². The molecule has 1 aromatic heterocycles.